The van der Waals surface area contributed by atoms with E-state index in [1.807, 2.05) is 38.1 Å². The minimum atomic E-state index is -0.370. The quantitative estimate of drug-likeness (QED) is 0.758. The zero-order chi connectivity index (χ0) is 18.0. The van der Waals surface area contributed by atoms with Gasteiger partial charge in [-0.25, -0.2) is 4.79 Å². The van der Waals surface area contributed by atoms with Crippen molar-refractivity contribution in [2.45, 2.75) is 45.4 Å². The highest BCUT2D eigenvalue weighted by molar-refractivity contribution is 9.10. The summed E-state index contributed by atoms with van der Waals surface area (Å²) in [6.45, 7) is 4.22. The molecule has 0 fully saturated rings. The maximum Gasteiger partial charge on any atom is 0.336 e. The Labute approximate surface area is 156 Å². The third-order valence-corrected chi connectivity index (χ3v) is 5.11. The highest BCUT2D eigenvalue weighted by Gasteiger charge is 2.39. The molecule has 1 aliphatic carbocycles. The molecule has 0 saturated carbocycles. The molecule has 1 aromatic rings. The summed E-state index contributed by atoms with van der Waals surface area (Å²) in [5, 5.41) is 3.30. The Kier molecular flexibility index (Phi) is 5.42. The number of Topliss-reactive ketones (excluding diaryl/α,β-unsaturated/α-hetero) is 1. The van der Waals surface area contributed by atoms with Crippen LogP contribution in [-0.4, -0.2) is 18.4 Å². The van der Waals surface area contributed by atoms with Gasteiger partial charge in [0, 0.05) is 33.8 Å². The predicted octanol–water partition coefficient (Wildman–Crippen LogP) is 4.37. The number of hydrogen-bond acceptors (Lipinski definition) is 4. The minimum Gasteiger partial charge on any atom is -0.462 e. The van der Waals surface area contributed by atoms with E-state index in [1.54, 1.807) is 0 Å². The van der Waals surface area contributed by atoms with Crippen LogP contribution >= 0.6 is 15.9 Å². The number of allylic oxidation sites excluding steroid dienone is 3. The lowest BCUT2D eigenvalue weighted by Crippen LogP contribution is -2.34. The van der Waals surface area contributed by atoms with E-state index < -0.39 is 0 Å². The average Bonchev–Trinajstić information content (AvgIpc) is 2.58. The number of ether oxygens (including phenoxy) is 1. The van der Waals surface area contributed by atoms with E-state index in [2.05, 4.69) is 21.2 Å². The number of carbonyl (C=O) groups excluding carboxylic acids is 2. The molecular weight excluding hydrogens is 382 g/mol. The third kappa shape index (κ3) is 3.56. The fourth-order valence-corrected chi connectivity index (χ4v) is 3.96. The zero-order valence-corrected chi connectivity index (χ0v) is 16.1. The van der Waals surface area contributed by atoms with E-state index in [9.17, 15) is 9.59 Å². The van der Waals surface area contributed by atoms with Crippen LogP contribution in [0.15, 0.2) is 51.3 Å². The number of benzene rings is 1. The van der Waals surface area contributed by atoms with Crippen molar-refractivity contribution in [2.75, 3.05) is 6.61 Å². The second-order valence-electron chi connectivity index (χ2n) is 6.46. The lowest BCUT2D eigenvalue weighted by molar-refractivity contribution is -0.139. The first-order valence-corrected chi connectivity index (χ1v) is 9.48. The second kappa shape index (κ2) is 7.56. The van der Waals surface area contributed by atoms with Crippen LogP contribution in [0.1, 0.15) is 51.0 Å². The Morgan fingerprint density at radius 1 is 1.36 bits per heavy atom. The van der Waals surface area contributed by atoms with Crippen molar-refractivity contribution < 1.29 is 14.3 Å². The third-order valence-electron chi connectivity index (χ3n) is 4.62. The molecule has 1 aliphatic heterocycles. The number of nitrogens with one attached hydrogen (secondary N) is 1. The van der Waals surface area contributed by atoms with Crippen LogP contribution in [0.25, 0.3) is 0 Å². The molecule has 0 radical (unpaired) electrons. The second-order valence-corrected chi connectivity index (χ2v) is 7.37. The first-order chi connectivity index (χ1) is 12.0. The van der Waals surface area contributed by atoms with E-state index in [4.69, 9.17) is 4.74 Å². The summed E-state index contributed by atoms with van der Waals surface area (Å²) in [5.74, 6) is -0.598. The first-order valence-electron chi connectivity index (χ1n) is 8.69. The van der Waals surface area contributed by atoms with Crippen LogP contribution in [0, 0.1) is 0 Å². The van der Waals surface area contributed by atoms with E-state index >= 15 is 0 Å². The first kappa shape index (κ1) is 17.9. The number of hydrogen-bond donors (Lipinski definition) is 1. The molecule has 2 aliphatic rings. The number of esters is 1. The van der Waals surface area contributed by atoms with Crippen LogP contribution in [-0.2, 0) is 14.3 Å². The summed E-state index contributed by atoms with van der Waals surface area (Å²) in [7, 11) is 0. The van der Waals surface area contributed by atoms with Gasteiger partial charge in [0.1, 0.15) is 0 Å². The number of rotatable bonds is 4. The van der Waals surface area contributed by atoms with Gasteiger partial charge in [-0.3, -0.25) is 4.79 Å². The number of ketones is 1. The minimum absolute atomic E-state index is 0.118. The zero-order valence-electron chi connectivity index (χ0n) is 14.5. The Morgan fingerprint density at radius 2 is 2.16 bits per heavy atom. The molecular formula is C20H22BrNO3. The Balaban J connectivity index is 2.12. The van der Waals surface area contributed by atoms with Crippen molar-refractivity contribution in [2.24, 2.45) is 0 Å². The molecule has 5 heteroatoms. The maximum absolute atomic E-state index is 12.8. The summed E-state index contributed by atoms with van der Waals surface area (Å²) < 4.78 is 6.34. The van der Waals surface area contributed by atoms with Crippen molar-refractivity contribution >= 4 is 27.7 Å². The monoisotopic (exact) mass is 403 g/mol. The smallest absolute Gasteiger partial charge is 0.336 e. The summed E-state index contributed by atoms with van der Waals surface area (Å²) in [4.78, 5) is 25.5. The summed E-state index contributed by atoms with van der Waals surface area (Å²) >= 11 is 3.50. The van der Waals surface area contributed by atoms with Gasteiger partial charge in [-0.05, 0) is 43.9 Å². The number of halogens is 1. The average molecular weight is 404 g/mol. The molecule has 1 heterocycles. The highest BCUT2D eigenvalue weighted by atomic mass is 79.9. The van der Waals surface area contributed by atoms with Gasteiger partial charge >= 0.3 is 5.97 Å². The fraction of sp³-hybridized carbons (Fsp3) is 0.400. The van der Waals surface area contributed by atoms with Gasteiger partial charge in [-0.2, -0.15) is 0 Å². The number of carbonyl (C=O) groups is 2. The highest BCUT2D eigenvalue weighted by Crippen LogP contribution is 2.42. The summed E-state index contributed by atoms with van der Waals surface area (Å²) in [5.41, 5.74) is 3.92. The van der Waals surface area contributed by atoms with Gasteiger partial charge in [-0.1, -0.05) is 35.0 Å². The Morgan fingerprint density at radius 3 is 2.88 bits per heavy atom. The lowest BCUT2D eigenvalue weighted by Gasteiger charge is -2.34. The van der Waals surface area contributed by atoms with E-state index in [0.29, 0.717) is 18.6 Å². The molecule has 4 nitrogen and oxygen atoms in total. The molecule has 25 heavy (non-hydrogen) atoms. The Hall–Kier alpha value is -1.88. The van der Waals surface area contributed by atoms with Crippen LogP contribution in [0.4, 0.5) is 0 Å². The van der Waals surface area contributed by atoms with Gasteiger partial charge in [0.25, 0.3) is 0 Å². The largest absolute Gasteiger partial charge is 0.462 e. The number of dihydropyridines is 1. The molecule has 132 valence electrons. The van der Waals surface area contributed by atoms with Gasteiger partial charge in [-0.15, -0.1) is 0 Å². The maximum atomic E-state index is 12.8. The lowest BCUT2D eigenvalue weighted by atomic mass is 9.75. The molecule has 1 atom stereocenters. The summed E-state index contributed by atoms with van der Waals surface area (Å²) in [6, 6.07) is 7.81. The van der Waals surface area contributed by atoms with Crippen LogP contribution < -0.4 is 5.32 Å². The van der Waals surface area contributed by atoms with E-state index in [1.165, 1.54) is 0 Å². The molecule has 1 aromatic carbocycles. The Bertz CT molecular complexity index is 779. The van der Waals surface area contributed by atoms with Crippen molar-refractivity contribution in [3.63, 3.8) is 0 Å². The predicted molar refractivity (Wildman–Crippen MR) is 99.9 cm³/mol. The summed E-state index contributed by atoms with van der Waals surface area (Å²) in [6.07, 6.45) is 2.97. The standard InChI is InChI=1S/C20H22BrNO3/c1-3-10-25-20(24)17-12(2)22-15-8-5-9-16(23)19(15)18(17)13-6-4-7-14(21)11-13/h4,6-7,11,18,22H,3,5,8-10H2,1-2H3. The van der Waals surface area contributed by atoms with Gasteiger partial charge in [0.15, 0.2) is 5.78 Å². The molecule has 0 aromatic heterocycles. The fourth-order valence-electron chi connectivity index (χ4n) is 3.55. The topological polar surface area (TPSA) is 55.4 Å². The van der Waals surface area contributed by atoms with Crippen molar-refractivity contribution in [3.8, 4) is 0 Å². The van der Waals surface area contributed by atoms with E-state index in [-0.39, 0.29) is 17.7 Å². The van der Waals surface area contributed by atoms with Crippen LogP contribution in [0.3, 0.4) is 0 Å². The normalized spacial score (nSPS) is 20.3. The van der Waals surface area contributed by atoms with E-state index in [0.717, 1.165) is 46.3 Å². The van der Waals surface area contributed by atoms with Crippen molar-refractivity contribution in [1.82, 2.24) is 5.32 Å². The van der Waals surface area contributed by atoms with Crippen molar-refractivity contribution in [1.29, 1.82) is 0 Å². The SMILES string of the molecule is CCCOC(=O)C1=C(C)NC2=C(C(=O)CCC2)C1c1cccc(Br)c1. The van der Waals surface area contributed by atoms with Gasteiger partial charge < -0.3 is 10.1 Å². The molecule has 0 amide bonds. The molecule has 0 bridgehead atoms. The van der Waals surface area contributed by atoms with Gasteiger partial charge in [0.05, 0.1) is 12.2 Å². The van der Waals surface area contributed by atoms with Crippen LogP contribution in [0.2, 0.25) is 0 Å². The van der Waals surface area contributed by atoms with Crippen LogP contribution in [0.5, 0.6) is 0 Å². The molecule has 0 spiro atoms. The molecule has 0 saturated heterocycles. The molecule has 3 rings (SSSR count). The van der Waals surface area contributed by atoms with Gasteiger partial charge in [0.2, 0.25) is 0 Å². The van der Waals surface area contributed by atoms with Crippen molar-refractivity contribution in [3.05, 3.63) is 56.8 Å². The molecule has 1 unspecified atom stereocenters. The molecule has 1 N–H and O–H groups in total.